The minimum absolute atomic E-state index is 0.0140. The monoisotopic (exact) mass is 405 g/mol. The van der Waals surface area contributed by atoms with Gasteiger partial charge in [-0.2, -0.15) is 10.2 Å². The number of nitriles is 1. The Morgan fingerprint density at radius 1 is 1.10 bits per heavy atom. The van der Waals surface area contributed by atoms with Crippen molar-refractivity contribution in [3.05, 3.63) is 54.9 Å². The fraction of sp³-hybridized carbons (Fsp3) is 0.200. The fourth-order valence-electron chi connectivity index (χ4n) is 2.60. The maximum absolute atomic E-state index is 12.6. The van der Waals surface area contributed by atoms with Crippen LogP contribution in [0.15, 0.2) is 59.4 Å². The van der Waals surface area contributed by atoms with Gasteiger partial charge in [-0.05, 0) is 24.3 Å². The third kappa shape index (κ3) is 5.62. The van der Waals surface area contributed by atoms with Gasteiger partial charge in [-0.15, -0.1) is 0 Å². The lowest BCUT2D eigenvalue weighted by Gasteiger charge is -2.21. The Kier molecular flexibility index (Phi) is 7.05. The smallest absolute Gasteiger partial charge is 0.313 e. The first-order chi connectivity index (χ1) is 14.7. The molecule has 0 unspecified atom stereocenters. The molecule has 3 aromatic rings. The van der Waals surface area contributed by atoms with Gasteiger partial charge in [-0.25, -0.2) is 5.43 Å². The molecule has 0 aliphatic rings. The molecule has 2 N–H and O–H groups in total. The van der Waals surface area contributed by atoms with Crippen LogP contribution in [0, 0.1) is 11.3 Å². The molecule has 10 nitrogen and oxygen atoms in total. The van der Waals surface area contributed by atoms with Crippen LogP contribution in [-0.4, -0.2) is 33.5 Å². The summed E-state index contributed by atoms with van der Waals surface area (Å²) in [6, 6.07) is 14.5. The number of hydrogen-bond acceptors (Lipinski definition) is 8. The number of anilines is 2. The van der Waals surface area contributed by atoms with Crippen molar-refractivity contribution in [1.29, 1.82) is 5.26 Å². The Morgan fingerprint density at radius 2 is 1.87 bits per heavy atom. The Labute approximate surface area is 172 Å². The number of carbonyl (C=O) groups excluding carboxylic acids is 2. The molecule has 0 bridgehead atoms. The molecular weight excluding hydrogens is 386 g/mol. The molecule has 0 atom stereocenters. The van der Waals surface area contributed by atoms with Crippen molar-refractivity contribution < 1.29 is 14.1 Å². The summed E-state index contributed by atoms with van der Waals surface area (Å²) in [5.41, 5.74) is 6.36. The number of rotatable bonds is 9. The molecule has 2 heterocycles. The summed E-state index contributed by atoms with van der Waals surface area (Å²) in [4.78, 5) is 34.2. The van der Waals surface area contributed by atoms with Gasteiger partial charge in [0.1, 0.15) is 0 Å². The van der Waals surface area contributed by atoms with Crippen molar-refractivity contribution in [3.8, 4) is 17.5 Å². The predicted octanol–water partition coefficient (Wildman–Crippen LogP) is 2.30. The molecule has 0 spiro atoms. The van der Waals surface area contributed by atoms with Gasteiger partial charge in [-0.3, -0.25) is 20.0 Å². The van der Waals surface area contributed by atoms with Crippen LogP contribution in [0.3, 0.4) is 0 Å². The fourth-order valence-corrected chi connectivity index (χ4v) is 2.60. The van der Waals surface area contributed by atoms with E-state index in [0.29, 0.717) is 11.5 Å². The van der Waals surface area contributed by atoms with Gasteiger partial charge in [0.05, 0.1) is 12.5 Å². The van der Waals surface area contributed by atoms with Crippen molar-refractivity contribution >= 4 is 23.5 Å². The normalized spacial score (nSPS) is 10.1. The van der Waals surface area contributed by atoms with Crippen molar-refractivity contribution in [1.82, 2.24) is 20.6 Å². The second kappa shape index (κ2) is 10.3. The van der Waals surface area contributed by atoms with E-state index in [1.54, 1.807) is 36.7 Å². The van der Waals surface area contributed by atoms with Crippen LogP contribution >= 0.6 is 0 Å². The van der Waals surface area contributed by atoms with Gasteiger partial charge < -0.3 is 9.42 Å². The predicted molar refractivity (Wildman–Crippen MR) is 108 cm³/mol. The Balaban J connectivity index is 1.49. The zero-order valence-electron chi connectivity index (χ0n) is 16.0. The number of hydrogen-bond donors (Lipinski definition) is 2. The maximum atomic E-state index is 12.6. The first-order valence-corrected chi connectivity index (χ1v) is 9.18. The summed E-state index contributed by atoms with van der Waals surface area (Å²) in [6.07, 6.45) is 3.35. The molecule has 2 aromatic heterocycles. The number of benzene rings is 1. The van der Waals surface area contributed by atoms with Crippen LogP contribution in [0.5, 0.6) is 0 Å². The van der Waals surface area contributed by atoms with E-state index in [2.05, 4.69) is 26.0 Å². The Morgan fingerprint density at radius 3 is 2.60 bits per heavy atom. The number of carbonyl (C=O) groups is 2. The first-order valence-electron chi connectivity index (χ1n) is 9.18. The number of nitrogens with zero attached hydrogens (tertiary/aromatic N) is 5. The highest BCUT2D eigenvalue weighted by atomic mass is 16.5. The second-order valence-corrected chi connectivity index (χ2v) is 6.12. The lowest BCUT2D eigenvalue weighted by Crippen LogP contribution is -2.34. The molecule has 0 saturated carbocycles. The van der Waals surface area contributed by atoms with Gasteiger partial charge in [-0.1, -0.05) is 23.4 Å². The summed E-state index contributed by atoms with van der Waals surface area (Å²) in [7, 11) is 0. The standard InChI is InChI=1S/C20H19N7O3/c21-11-4-14-27(16-5-2-1-3-6-16)18(29)8-7-17(28)24-25-20-23-19(26-30-20)15-9-12-22-13-10-15/h1-3,5-6,9-10,12-13H,4,7-8,14H2,(H,24,28)(H,23,25,26). The van der Waals surface area contributed by atoms with Crippen molar-refractivity contribution in [2.24, 2.45) is 0 Å². The molecule has 30 heavy (non-hydrogen) atoms. The summed E-state index contributed by atoms with van der Waals surface area (Å²) in [5.74, 6) is -0.315. The Bertz CT molecular complexity index is 1020. The third-order valence-corrected chi connectivity index (χ3v) is 4.06. The largest absolute Gasteiger partial charge is 0.340 e. The zero-order chi connectivity index (χ0) is 21.2. The minimum Gasteiger partial charge on any atom is -0.313 e. The number of aromatic nitrogens is 3. The van der Waals surface area contributed by atoms with Crippen LogP contribution in [0.25, 0.3) is 11.4 Å². The average Bonchev–Trinajstić information content (AvgIpc) is 3.27. The van der Waals surface area contributed by atoms with E-state index >= 15 is 0 Å². The van der Waals surface area contributed by atoms with Crippen LogP contribution < -0.4 is 15.8 Å². The van der Waals surface area contributed by atoms with Gasteiger partial charge in [0.15, 0.2) is 0 Å². The second-order valence-electron chi connectivity index (χ2n) is 6.12. The SMILES string of the molecule is N#CCCN(C(=O)CCC(=O)NNc1nc(-c2ccncc2)no1)c1ccccc1. The average molecular weight is 405 g/mol. The van der Waals surface area contributed by atoms with Crippen LogP contribution in [0.1, 0.15) is 19.3 Å². The number of amides is 2. The molecule has 2 amide bonds. The van der Waals surface area contributed by atoms with E-state index in [0.717, 1.165) is 5.56 Å². The molecule has 1 aromatic carbocycles. The lowest BCUT2D eigenvalue weighted by atomic mass is 10.2. The van der Waals surface area contributed by atoms with Gasteiger partial charge in [0.2, 0.25) is 17.6 Å². The molecule has 0 aliphatic carbocycles. The third-order valence-electron chi connectivity index (χ3n) is 4.06. The van der Waals surface area contributed by atoms with E-state index in [4.69, 9.17) is 9.78 Å². The zero-order valence-corrected chi connectivity index (χ0v) is 16.0. The number of nitrogens with one attached hydrogen (secondary N) is 2. The molecule has 152 valence electrons. The summed E-state index contributed by atoms with van der Waals surface area (Å²) >= 11 is 0. The highest BCUT2D eigenvalue weighted by Gasteiger charge is 2.17. The van der Waals surface area contributed by atoms with Crippen molar-refractivity contribution in [3.63, 3.8) is 0 Å². The quantitative estimate of drug-likeness (QED) is 0.517. The van der Waals surface area contributed by atoms with E-state index < -0.39 is 5.91 Å². The van der Waals surface area contributed by atoms with E-state index in [9.17, 15) is 9.59 Å². The lowest BCUT2D eigenvalue weighted by molar-refractivity contribution is -0.124. The minimum atomic E-state index is -0.416. The number of hydrazine groups is 1. The van der Waals surface area contributed by atoms with Gasteiger partial charge in [0.25, 0.3) is 0 Å². The maximum Gasteiger partial charge on any atom is 0.340 e. The topological polar surface area (TPSA) is 137 Å². The van der Waals surface area contributed by atoms with Gasteiger partial charge in [0, 0.05) is 43.0 Å². The molecule has 0 radical (unpaired) electrons. The summed E-state index contributed by atoms with van der Waals surface area (Å²) in [5, 5.41) is 12.6. The van der Waals surface area contributed by atoms with E-state index in [-0.39, 0.29) is 37.7 Å². The van der Waals surface area contributed by atoms with Crippen LogP contribution in [-0.2, 0) is 9.59 Å². The van der Waals surface area contributed by atoms with E-state index in [1.165, 1.54) is 4.90 Å². The van der Waals surface area contributed by atoms with Crippen LogP contribution in [0.4, 0.5) is 11.7 Å². The Hall–Kier alpha value is -4.26. The van der Waals surface area contributed by atoms with E-state index in [1.807, 2.05) is 24.3 Å². The summed E-state index contributed by atoms with van der Waals surface area (Å²) in [6.45, 7) is 0.263. The molecular formula is C20H19N7O3. The number of para-hydroxylation sites is 1. The molecule has 0 saturated heterocycles. The van der Waals surface area contributed by atoms with Crippen molar-refractivity contribution in [2.75, 3.05) is 16.9 Å². The van der Waals surface area contributed by atoms with Crippen molar-refractivity contribution in [2.45, 2.75) is 19.3 Å². The molecule has 10 heteroatoms. The highest BCUT2D eigenvalue weighted by molar-refractivity contribution is 5.95. The summed E-state index contributed by atoms with van der Waals surface area (Å²) < 4.78 is 5.02. The molecule has 0 aliphatic heterocycles. The van der Waals surface area contributed by atoms with Gasteiger partial charge >= 0.3 is 6.01 Å². The first kappa shape index (κ1) is 20.5. The molecule has 3 rings (SSSR count). The molecule has 0 fully saturated rings. The number of pyridine rings is 1. The highest BCUT2D eigenvalue weighted by Crippen LogP contribution is 2.17. The van der Waals surface area contributed by atoms with Crippen LogP contribution in [0.2, 0.25) is 0 Å².